The molecule has 0 unspecified atom stereocenters. The number of para-hydroxylation sites is 1. The van der Waals surface area contributed by atoms with Crippen LogP contribution in [0, 0.1) is 0 Å². The lowest BCUT2D eigenvalue weighted by molar-refractivity contribution is 0.0698. The minimum absolute atomic E-state index is 0.0787. The Morgan fingerprint density at radius 1 is 1.22 bits per heavy atom. The van der Waals surface area contributed by atoms with Gasteiger partial charge in [-0.15, -0.1) is 0 Å². The largest absolute Gasteiger partial charge is 0.493 e. The normalized spacial score (nSPS) is 10.5. The summed E-state index contributed by atoms with van der Waals surface area (Å²) < 4.78 is 11.2. The number of nitrogens with one attached hydrogen (secondary N) is 1. The van der Waals surface area contributed by atoms with Crippen molar-refractivity contribution in [2.24, 2.45) is 0 Å². The molecule has 0 spiro atoms. The van der Waals surface area contributed by atoms with Gasteiger partial charge < -0.3 is 19.9 Å². The van der Waals surface area contributed by atoms with E-state index in [0.29, 0.717) is 26.8 Å². The number of carboxylic acids is 1. The number of benzene rings is 2. The Morgan fingerprint density at radius 2 is 1.96 bits per heavy atom. The summed E-state index contributed by atoms with van der Waals surface area (Å²) >= 11 is 1.31. The molecule has 0 saturated heterocycles. The first kappa shape index (κ1) is 15.1. The van der Waals surface area contributed by atoms with Gasteiger partial charge in [-0.05, 0) is 12.1 Å². The number of ether oxygens (including phenoxy) is 2. The molecule has 1 heterocycles. The molecule has 0 fully saturated rings. The third-order valence-electron chi connectivity index (χ3n) is 3.27. The molecular formula is C16H14N2O4S. The zero-order valence-corrected chi connectivity index (χ0v) is 13.3. The molecule has 0 amide bonds. The molecule has 2 aromatic carbocycles. The predicted octanol–water partition coefficient (Wildman–Crippen LogP) is 3.76. The summed E-state index contributed by atoms with van der Waals surface area (Å²) in [5.74, 6) is -0.217. The summed E-state index contributed by atoms with van der Waals surface area (Å²) in [5.41, 5.74) is 1.32. The highest BCUT2D eigenvalue weighted by molar-refractivity contribution is 7.22. The minimum Gasteiger partial charge on any atom is -0.493 e. The van der Waals surface area contributed by atoms with Crippen molar-refractivity contribution in [3.8, 4) is 11.5 Å². The number of rotatable bonds is 5. The second-order valence-electron chi connectivity index (χ2n) is 4.65. The minimum atomic E-state index is -1.06. The lowest BCUT2D eigenvalue weighted by Crippen LogP contribution is -2.00. The Hall–Kier alpha value is -2.80. The van der Waals surface area contributed by atoms with Gasteiger partial charge >= 0.3 is 5.97 Å². The van der Waals surface area contributed by atoms with Crippen LogP contribution in [0.4, 0.5) is 10.8 Å². The zero-order chi connectivity index (χ0) is 16.4. The van der Waals surface area contributed by atoms with Crippen molar-refractivity contribution >= 4 is 38.3 Å². The van der Waals surface area contributed by atoms with E-state index in [-0.39, 0.29) is 5.56 Å². The number of anilines is 2. The van der Waals surface area contributed by atoms with Crippen molar-refractivity contribution in [2.75, 3.05) is 19.5 Å². The SMILES string of the molecule is COc1cc(C(=O)O)c2nc(Nc3ccccc3)sc2c1OC. The molecule has 0 bridgehead atoms. The fourth-order valence-corrected chi connectivity index (χ4v) is 3.27. The fourth-order valence-electron chi connectivity index (χ4n) is 2.24. The van der Waals surface area contributed by atoms with Crippen LogP contribution in [0.2, 0.25) is 0 Å². The molecule has 2 N–H and O–H groups in total. The van der Waals surface area contributed by atoms with Crippen LogP contribution in [-0.2, 0) is 0 Å². The molecule has 23 heavy (non-hydrogen) atoms. The fraction of sp³-hybridized carbons (Fsp3) is 0.125. The number of hydrogen-bond donors (Lipinski definition) is 2. The van der Waals surface area contributed by atoms with Crippen molar-refractivity contribution in [1.82, 2.24) is 4.98 Å². The number of nitrogens with zero attached hydrogens (tertiary/aromatic N) is 1. The summed E-state index contributed by atoms with van der Waals surface area (Å²) in [6.07, 6.45) is 0. The van der Waals surface area contributed by atoms with Crippen molar-refractivity contribution in [2.45, 2.75) is 0 Å². The number of carboxylic acid groups (broad SMARTS) is 1. The number of methoxy groups -OCH3 is 2. The van der Waals surface area contributed by atoms with Gasteiger partial charge in [-0.1, -0.05) is 29.5 Å². The van der Waals surface area contributed by atoms with Gasteiger partial charge in [0.1, 0.15) is 10.2 Å². The van der Waals surface area contributed by atoms with Crippen LogP contribution >= 0.6 is 11.3 Å². The number of aromatic carboxylic acids is 1. The highest BCUT2D eigenvalue weighted by atomic mass is 32.1. The van der Waals surface area contributed by atoms with E-state index in [1.54, 1.807) is 0 Å². The molecule has 0 atom stereocenters. The van der Waals surface area contributed by atoms with Gasteiger partial charge in [0, 0.05) is 11.8 Å². The number of hydrogen-bond acceptors (Lipinski definition) is 6. The van der Waals surface area contributed by atoms with Crippen LogP contribution in [0.5, 0.6) is 11.5 Å². The van der Waals surface area contributed by atoms with Crippen LogP contribution in [0.3, 0.4) is 0 Å². The van der Waals surface area contributed by atoms with E-state index in [2.05, 4.69) is 10.3 Å². The highest BCUT2D eigenvalue weighted by Gasteiger charge is 2.21. The molecule has 0 radical (unpaired) electrons. The predicted molar refractivity (Wildman–Crippen MR) is 89.4 cm³/mol. The summed E-state index contributed by atoms with van der Waals surface area (Å²) in [5, 5.41) is 13.2. The maximum Gasteiger partial charge on any atom is 0.338 e. The Labute approximate surface area is 136 Å². The molecule has 6 nitrogen and oxygen atoms in total. The maximum absolute atomic E-state index is 11.5. The molecular weight excluding hydrogens is 316 g/mol. The topological polar surface area (TPSA) is 80.7 Å². The molecule has 0 aliphatic carbocycles. The Bertz CT molecular complexity index is 861. The third-order valence-corrected chi connectivity index (χ3v) is 4.24. The number of carbonyl (C=O) groups is 1. The van der Waals surface area contributed by atoms with Gasteiger partial charge in [-0.2, -0.15) is 0 Å². The lowest BCUT2D eigenvalue weighted by Gasteiger charge is -2.09. The van der Waals surface area contributed by atoms with Gasteiger partial charge in [0.2, 0.25) is 0 Å². The first-order chi connectivity index (χ1) is 11.1. The van der Waals surface area contributed by atoms with Crippen LogP contribution in [0.15, 0.2) is 36.4 Å². The zero-order valence-electron chi connectivity index (χ0n) is 12.5. The number of thiazole rings is 1. The first-order valence-corrected chi connectivity index (χ1v) is 7.56. The molecule has 1 aromatic heterocycles. The monoisotopic (exact) mass is 330 g/mol. The van der Waals surface area contributed by atoms with E-state index < -0.39 is 5.97 Å². The summed E-state index contributed by atoms with van der Waals surface area (Å²) in [7, 11) is 2.99. The van der Waals surface area contributed by atoms with Crippen LogP contribution in [-0.4, -0.2) is 30.3 Å². The average Bonchev–Trinajstić information content (AvgIpc) is 2.96. The van der Waals surface area contributed by atoms with Crippen molar-refractivity contribution in [3.63, 3.8) is 0 Å². The van der Waals surface area contributed by atoms with Crippen molar-refractivity contribution < 1.29 is 19.4 Å². The number of aromatic nitrogens is 1. The van der Waals surface area contributed by atoms with Crippen LogP contribution in [0.25, 0.3) is 10.2 Å². The Kier molecular flexibility index (Phi) is 4.03. The van der Waals surface area contributed by atoms with Gasteiger partial charge in [0.25, 0.3) is 0 Å². The van der Waals surface area contributed by atoms with Crippen molar-refractivity contribution in [1.29, 1.82) is 0 Å². The van der Waals surface area contributed by atoms with E-state index in [4.69, 9.17) is 9.47 Å². The first-order valence-electron chi connectivity index (χ1n) is 6.75. The van der Waals surface area contributed by atoms with Crippen LogP contribution < -0.4 is 14.8 Å². The van der Waals surface area contributed by atoms with E-state index >= 15 is 0 Å². The molecule has 3 rings (SSSR count). The maximum atomic E-state index is 11.5. The van der Waals surface area contributed by atoms with E-state index in [0.717, 1.165) is 5.69 Å². The van der Waals surface area contributed by atoms with E-state index in [9.17, 15) is 9.90 Å². The molecule has 0 saturated carbocycles. The van der Waals surface area contributed by atoms with Gasteiger partial charge in [0.05, 0.1) is 19.8 Å². The summed E-state index contributed by atoms with van der Waals surface area (Å²) in [4.78, 5) is 15.9. The average molecular weight is 330 g/mol. The van der Waals surface area contributed by atoms with Crippen LogP contribution in [0.1, 0.15) is 10.4 Å². The summed E-state index contributed by atoms with van der Waals surface area (Å²) in [6, 6.07) is 11.0. The second-order valence-corrected chi connectivity index (χ2v) is 5.65. The molecule has 0 aliphatic rings. The van der Waals surface area contributed by atoms with E-state index in [1.165, 1.54) is 31.6 Å². The lowest BCUT2D eigenvalue weighted by atomic mass is 10.1. The highest BCUT2D eigenvalue weighted by Crippen LogP contribution is 2.42. The third kappa shape index (κ3) is 2.78. The van der Waals surface area contributed by atoms with Gasteiger partial charge in [-0.25, -0.2) is 9.78 Å². The van der Waals surface area contributed by atoms with Crippen molar-refractivity contribution in [3.05, 3.63) is 42.0 Å². The van der Waals surface area contributed by atoms with Gasteiger partial charge in [0.15, 0.2) is 16.6 Å². The molecule has 3 aromatic rings. The quantitative estimate of drug-likeness (QED) is 0.741. The molecule has 7 heteroatoms. The molecule has 0 aliphatic heterocycles. The number of fused-ring (bicyclic) bond motifs is 1. The van der Waals surface area contributed by atoms with Gasteiger partial charge in [-0.3, -0.25) is 0 Å². The molecule has 118 valence electrons. The Balaban J connectivity index is 2.16. The standard InChI is InChI=1S/C16H14N2O4S/c1-21-11-8-10(15(19)20)12-14(13(11)22-2)23-16(18-12)17-9-6-4-3-5-7-9/h3-8H,1-2H3,(H,17,18)(H,19,20). The Morgan fingerprint density at radius 3 is 2.57 bits per heavy atom. The smallest absolute Gasteiger partial charge is 0.338 e. The van der Waals surface area contributed by atoms with E-state index in [1.807, 2.05) is 30.3 Å². The summed E-state index contributed by atoms with van der Waals surface area (Å²) in [6.45, 7) is 0. The second kappa shape index (κ2) is 6.13.